The van der Waals surface area contributed by atoms with Crippen molar-refractivity contribution in [1.29, 1.82) is 0 Å². The van der Waals surface area contributed by atoms with Crippen LogP contribution in [0, 0.1) is 12.8 Å². The van der Waals surface area contributed by atoms with Gasteiger partial charge in [0.2, 0.25) is 15.9 Å². The van der Waals surface area contributed by atoms with Crippen molar-refractivity contribution in [2.75, 3.05) is 6.26 Å². The first kappa shape index (κ1) is 12.1. The van der Waals surface area contributed by atoms with Crippen molar-refractivity contribution < 1.29 is 13.2 Å². The highest BCUT2D eigenvalue weighted by atomic mass is 32.2. The summed E-state index contributed by atoms with van der Waals surface area (Å²) < 4.78 is 23.9. The lowest BCUT2D eigenvalue weighted by Crippen LogP contribution is -2.30. The number of nitrogens with one attached hydrogen (secondary N) is 1. The molecular weight excluding hydrogens is 238 g/mol. The molecule has 0 spiro atoms. The fraction of sp³-hybridized carbons (Fsp3) is 0.417. The number of benzene rings is 1. The molecule has 0 saturated heterocycles. The van der Waals surface area contributed by atoms with Crippen molar-refractivity contribution in [2.45, 2.75) is 19.3 Å². The second-order valence-corrected chi connectivity index (χ2v) is 6.35. The molecule has 5 heteroatoms. The minimum absolute atomic E-state index is 0.164. The number of hydrogen-bond acceptors (Lipinski definition) is 3. The van der Waals surface area contributed by atoms with Gasteiger partial charge in [-0.15, -0.1) is 0 Å². The lowest BCUT2D eigenvalue weighted by molar-refractivity contribution is -0.120. The van der Waals surface area contributed by atoms with Crippen LogP contribution in [0.25, 0.3) is 0 Å². The van der Waals surface area contributed by atoms with Crippen LogP contribution in [-0.2, 0) is 14.8 Å². The number of aryl methyl sites for hydroxylation is 1. The van der Waals surface area contributed by atoms with Crippen LogP contribution >= 0.6 is 0 Å². The summed E-state index contributed by atoms with van der Waals surface area (Å²) in [7, 11) is -3.44. The number of rotatable bonds is 3. The van der Waals surface area contributed by atoms with Gasteiger partial charge in [0.15, 0.2) is 0 Å². The van der Waals surface area contributed by atoms with Gasteiger partial charge >= 0.3 is 0 Å². The van der Waals surface area contributed by atoms with E-state index in [1.807, 2.05) is 35.9 Å². The van der Waals surface area contributed by atoms with E-state index < -0.39 is 10.0 Å². The van der Waals surface area contributed by atoms with Crippen LogP contribution in [0.4, 0.5) is 0 Å². The van der Waals surface area contributed by atoms with Crippen molar-refractivity contribution in [3.8, 4) is 0 Å². The highest BCUT2D eigenvalue weighted by molar-refractivity contribution is 7.89. The molecule has 0 bridgehead atoms. The van der Waals surface area contributed by atoms with E-state index in [9.17, 15) is 13.2 Å². The lowest BCUT2D eigenvalue weighted by atomic mass is 10.1. The topological polar surface area (TPSA) is 63.2 Å². The third-order valence-corrected chi connectivity index (χ3v) is 3.46. The molecule has 1 aliphatic rings. The Kier molecular flexibility index (Phi) is 2.95. The first-order chi connectivity index (χ1) is 7.87. The Bertz CT molecular complexity index is 551. The second kappa shape index (κ2) is 4.14. The van der Waals surface area contributed by atoms with Crippen LogP contribution in [0.5, 0.6) is 0 Å². The summed E-state index contributed by atoms with van der Waals surface area (Å²) in [5.74, 6) is -0.429. The zero-order valence-electron chi connectivity index (χ0n) is 9.80. The predicted molar refractivity (Wildman–Crippen MR) is 65.0 cm³/mol. The molecule has 1 amide bonds. The maximum Gasteiger partial charge on any atom is 0.237 e. The van der Waals surface area contributed by atoms with Crippen LogP contribution in [0.1, 0.15) is 23.5 Å². The van der Waals surface area contributed by atoms with Crippen LogP contribution in [0.3, 0.4) is 0 Å². The Labute approximate surface area is 101 Å². The molecule has 0 aromatic heterocycles. The quantitative estimate of drug-likeness (QED) is 0.879. The van der Waals surface area contributed by atoms with Gasteiger partial charge in [0.05, 0.1) is 6.26 Å². The fourth-order valence-electron chi connectivity index (χ4n) is 2.01. The molecule has 1 saturated carbocycles. The molecule has 4 nitrogen and oxygen atoms in total. The molecule has 0 radical (unpaired) electrons. The molecule has 1 aliphatic carbocycles. The van der Waals surface area contributed by atoms with E-state index in [0.29, 0.717) is 0 Å². The fourth-order valence-corrected chi connectivity index (χ4v) is 2.53. The molecule has 1 fully saturated rings. The van der Waals surface area contributed by atoms with Gasteiger partial charge in [-0.25, -0.2) is 8.42 Å². The highest BCUT2D eigenvalue weighted by Gasteiger charge is 2.44. The molecule has 2 unspecified atom stereocenters. The second-order valence-electron chi connectivity index (χ2n) is 4.60. The van der Waals surface area contributed by atoms with Gasteiger partial charge in [-0.3, -0.25) is 9.52 Å². The summed E-state index contributed by atoms with van der Waals surface area (Å²) in [5, 5.41) is 0. The molecule has 2 atom stereocenters. The van der Waals surface area contributed by atoms with Gasteiger partial charge in [0, 0.05) is 5.92 Å². The summed E-state index contributed by atoms with van der Waals surface area (Å²) in [6.45, 7) is 2.00. The maximum atomic E-state index is 11.6. The van der Waals surface area contributed by atoms with Crippen molar-refractivity contribution >= 4 is 15.9 Å². The van der Waals surface area contributed by atoms with E-state index >= 15 is 0 Å². The summed E-state index contributed by atoms with van der Waals surface area (Å²) in [5.41, 5.74) is 2.26. The standard InChI is InChI=1S/C12H15NO3S/c1-8-4-3-5-9(6-8)10-7-11(10)12(14)13-17(2,15)16/h3-6,10-11H,7H2,1-2H3,(H,13,14). The van der Waals surface area contributed by atoms with Gasteiger partial charge in [0.25, 0.3) is 0 Å². The Morgan fingerprint density at radius 1 is 1.41 bits per heavy atom. The number of carbonyl (C=O) groups is 1. The Balaban J connectivity index is 2.04. The Hall–Kier alpha value is -1.36. The summed E-state index contributed by atoms with van der Waals surface area (Å²) in [6, 6.07) is 7.97. The van der Waals surface area contributed by atoms with Crippen molar-refractivity contribution in [3.63, 3.8) is 0 Å². The molecule has 0 heterocycles. The van der Waals surface area contributed by atoms with Gasteiger partial charge in [-0.05, 0) is 24.8 Å². The van der Waals surface area contributed by atoms with Crippen molar-refractivity contribution in [3.05, 3.63) is 35.4 Å². The average molecular weight is 253 g/mol. The Morgan fingerprint density at radius 2 is 2.12 bits per heavy atom. The van der Waals surface area contributed by atoms with Gasteiger partial charge in [-0.2, -0.15) is 0 Å². The monoisotopic (exact) mass is 253 g/mol. The molecule has 92 valence electrons. The third-order valence-electron chi connectivity index (χ3n) is 2.88. The van der Waals surface area contributed by atoms with Crippen LogP contribution in [0.15, 0.2) is 24.3 Å². The largest absolute Gasteiger partial charge is 0.274 e. The summed E-state index contributed by atoms with van der Waals surface area (Å²) in [6.07, 6.45) is 1.72. The summed E-state index contributed by atoms with van der Waals surface area (Å²) >= 11 is 0. The molecular formula is C12H15NO3S. The van der Waals surface area contributed by atoms with Crippen LogP contribution < -0.4 is 4.72 Å². The minimum atomic E-state index is -3.44. The van der Waals surface area contributed by atoms with Crippen molar-refractivity contribution in [1.82, 2.24) is 4.72 Å². The maximum absolute atomic E-state index is 11.6. The zero-order chi connectivity index (χ0) is 12.6. The molecule has 1 aromatic carbocycles. The predicted octanol–water partition coefficient (Wildman–Crippen LogP) is 1.17. The third kappa shape index (κ3) is 3.06. The Morgan fingerprint density at radius 3 is 2.71 bits per heavy atom. The minimum Gasteiger partial charge on any atom is -0.274 e. The molecule has 0 aliphatic heterocycles. The molecule has 1 N–H and O–H groups in total. The molecule has 17 heavy (non-hydrogen) atoms. The van der Waals surface area contributed by atoms with Crippen LogP contribution in [-0.4, -0.2) is 20.6 Å². The van der Waals surface area contributed by atoms with Crippen LogP contribution in [0.2, 0.25) is 0 Å². The smallest absolute Gasteiger partial charge is 0.237 e. The van der Waals surface area contributed by atoms with Crippen molar-refractivity contribution in [2.24, 2.45) is 5.92 Å². The number of sulfonamides is 1. The molecule has 1 aromatic rings. The van der Waals surface area contributed by atoms with Gasteiger partial charge in [-0.1, -0.05) is 29.8 Å². The lowest BCUT2D eigenvalue weighted by Gasteiger charge is -2.03. The van der Waals surface area contributed by atoms with E-state index in [4.69, 9.17) is 0 Å². The van der Waals surface area contributed by atoms with E-state index in [0.717, 1.165) is 23.8 Å². The first-order valence-electron chi connectivity index (χ1n) is 5.45. The zero-order valence-corrected chi connectivity index (χ0v) is 10.6. The first-order valence-corrected chi connectivity index (χ1v) is 7.34. The van der Waals surface area contributed by atoms with E-state index in [1.165, 1.54) is 0 Å². The number of hydrogen-bond donors (Lipinski definition) is 1. The van der Waals surface area contributed by atoms with Gasteiger partial charge in [0.1, 0.15) is 0 Å². The van der Waals surface area contributed by atoms with E-state index in [-0.39, 0.29) is 17.7 Å². The molecule has 2 rings (SSSR count). The highest BCUT2D eigenvalue weighted by Crippen LogP contribution is 2.47. The van der Waals surface area contributed by atoms with E-state index in [2.05, 4.69) is 0 Å². The van der Waals surface area contributed by atoms with E-state index in [1.54, 1.807) is 0 Å². The summed E-state index contributed by atoms with van der Waals surface area (Å²) in [4.78, 5) is 11.6. The number of amides is 1. The SMILES string of the molecule is Cc1cccc(C2CC2C(=O)NS(C)(=O)=O)c1. The van der Waals surface area contributed by atoms with Gasteiger partial charge < -0.3 is 0 Å². The normalized spacial score (nSPS) is 23.2. The average Bonchev–Trinajstić information content (AvgIpc) is 2.94. The number of carbonyl (C=O) groups excluding carboxylic acids is 1.